The highest BCUT2D eigenvalue weighted by Gasteiger charge is 2.30. The second kappa shape index (κ2) is 10.3. The third-order valence-electron chi connectivity index (χ3n) is 5.39. The molecule has 0 atom stereocenters. The van der Waals surface area contributed by atoms with Crippen molar-refractivity contribution in [2.24, 2.45) is 11.8 Å². The second-order valence-corrected chi connectivity index (χ2v) is 7.89. The number of nitrogens with zero attached hydrogens (tertiary/aromatic N) is 1. The number of rotatable bonds is 7. The first-order valence-electron chi connectivity index (χ1n) is 9.97. The maximum atomic E-state index is 12.8. The largest absolute Gasteiger partial charge is 0.481 e. The van der Waals surface area contributed by atoms with Gasteiger partial charge in [0.05, 0.1) is 24.3 Å². The van der Waals surface area contributed by atoms with E-state index >= 15 is 0 Å². The molecule has 0 bridgehead atoms. The monoisotopic (exact) mass is 445 g/mol. The summed E-state index contributed by atoms with van der Waals surface area (Å²) >= 11 is 6.07. The SMILES string of the molecule is COc1ccc(CNC(=O)c2cc(Cl)ccc2NC(=O)C2CCC(C(=O)O)CC2)cn1. The van der Waals surface area contributed by atoms with Crippen LogP contribution in [0.1, 0.15) is 41.6 Å². The van der Waals surface area contributed by atoms with E-state index in [4.69, 9.17) is 21.4 Å². The van der Waals surface area contributed by atoms with Gasteiger partial charge in [0.2, 0.25) is 11.8 Å². The molecule has 1 heterocycles. The molecule has 1 aliphatic carbocycles. The van der Waals surface area contributed by atoms with Crippen molar-refractivity contribution in [2.75, 3.05) is 12.4 Å². The number of carbonyl (C=O) groups excluding carboxylic acids is 2. The third kappa shape index (κ3) is 5.95. The molecule has 0 unspecified atom stereocenters. The van der Waals surface area contributed by atoms with Crippen LogP contribution in [0.2, 0.25) is 5.02 Å². The molecule has 2 aromatic rings. The highest BCUT2D eigenvalue weighted by Crippen LogP contribution is 2.30. The molecule has 164 valence electrons. The molecule has 0 aliphatic heterocycles. The van der Waals surface area contributed by atoms with Crippen molar-refractivity contribution in [1.29, 1.82) is 0 Å². The van der Waals surface area contributed by atoms with E-state index in [1.165, 1.54) is 13.2 Å². The number of carboxylic acids is 1. The van der Waals surface area contributed by atoms with Gasteiger partial charge in [0, 0.05) is 29.7 Å². The molecule has 1 saturated carbocycles. The highest BCUT2D eigenvalue weighted by atomic mass is 35.5. The summed E-state index contributed by atoms with van der Waals surface area (Å²) < 4.78 is 5.02. The van der Waals surface area contributed by atoms with Crippen LogP contribution in [0.5, 0.6) is 5.88 Å². The van der Waals surface area contributed by atoms with Crippen molar-refractivity contribution in [1.82, 2.24) is 10.3 Å². The van der Waals surface area contributed by atoms with Gasteiger partial charge in [-0.15, -0.1) is 0 Å². The molecule has 1 aromatic heterocycles. The van der Waals surface area contributed by atoms with E-state index < -0.39 is 11.9 Å². The minimum Gasteiger partial charge on any atom is -0.481 e. The number of hydrogen-bond acceptors (Lipinski definition) is 5. The smallest absolute Gasteiger partial charge is 0.306 e. The van der Waals surface area contributed by atoms with Crippen molar-refractivity contribution < 1.29 is 24.2 Å². The predicted molar refractivity (Wildman–Crippen MR) is 115 cm³/mol. The van der Waals surface area contributed by atoms with E-state index in [1.54, 1.807) is 30.5 Å². The molecule has 3 N–H and O–H groups in total. The first kappa shape index (κ1) is 22.6. The quantitative estimate of drug-likeness (QED) is 0.600. The van der Waals surface area contributed by atoms with Gasteiger partial charge in [-0.05, 0) is 49.4 Å². The average molecular weight is 446 g/mol. The molecule has 1 aromatic carbocycles. The van der Waals surface area contributed by atoms with E-state index in [0.717, 1.165) is 5.56 Å². The predicted octanol–water partition coefficient (Wildman–Crippen LogP) is 3.50. The molecule has 31 heavy (non-hydrogen) atoms. The van der Waals surface area contributed by atoms with Crippen LogP contribution in [0, 0.1) is 11.8 Å². The van der Waals surface area contributed by atoms with Crippen molar-refractivity contribution >= 4 is 35.1 Å². The normalized spacial score (nSPS) is 18.1. The minimum absolute atomic E-state index is 0.223. The fraction of sp³-hybridized carbons (Fsp3) is 0.364. The number of pyridine rings is 1. The van der Waals surface area contributed by atoms with Gasteiger partial charge in [-0.25, -0.2) is 4.98 Å². The number of carboxylic acid groups (broad SMARTS) is 1. The Kier molecular flexibility index (Phi) is 7.46. The lowest BCUT2D eigenvalue weighted by Crippen LogP contribution is -2.30. The number of anilines is 1. The molecule has 0 saturated heterocycles. The van der Waals surface area contributed by atoms with Gasteiger partial charge in [0.15, 0.2) is 0 Å². The molecule has 9 heteroatoms. The molecule has 1 fully saturated rings. The Morgan fingerprint density at radius 1 is 1.13 bits per heavy atom. The molecule has 8 nitrogen and oxygen atoms in total. The summed E-state index contributed by atoms with van der Waals surface area (Å²) in [4.78, 5) is 40.7. The van der Waals surface area contributed by atoms with Crippen LogP contribution in [-0.4, -0.2) is 35.0 Å². The number of aliphatic carboxylic acids is 1. The molecular formula is C22H24ClN3O5. The molecule has 0 spiro atoms. The third-order valence-corrected chi connectivity index (χ3v) is 5.63. The second-order valence-electron chi connectivity index (χ2n) is 7.46. The van der Waals surface area contributed by atoms with Crippen LogP contribution in [0.15, 0.2) is 36.5 Å². The first-order chi connectivity index (χ1) is 14.9. The lowest BCUT2D eigenvalue weighted by molar-refractivity contribution is -0.143. The van der Waals surface area contributed by atoms with Gasteiger partial charge in [0.1, 0.15) is 0 Å². The number of halogens is 1. The van der Waals surface area contributed by atoms with Gasteiger partial charge < -0.3 is 20.5 Å². The lowest BCUT2D eigenvalue weighted by atomic mass is 9.81. The first-order valence-corrected chi connectivity index (χ1v) is 10.4. The van der Waals surface area contributed by atoms with E-state index in [9.17, 15) is 14.4 Å². The summed E-state index contributed by atoms with van der Waals surface area (Å²) in [5, 5.41) is 15.1. The Bertz CT molecular complexity index is 956. The van der Waals surface area contributed by atoms with Crippen molar-refractivity contribution in [3.05, 3.63) is 52.7 Å². The van der Waals surface area contributed by atoms with Crippen LogP contribution < -0.4 is 15.4 Å². The number of methoxy groups -OCH3 is 1. The maximum Gasteiger partial charge on any atom is 0.306 e. The summed E-state index contributed by atoms with van der Waals surface area (Å²) in [5.41, 5.74) is 1.40. The fourth-order valence-corrected chi connectivity index (χ4v) is 3.74. The number of aromatic nitrogens is 1. The number of carbonyl (C=O) groups is 3. The number of hydrogen-bond donors (Lipinski definition) is 3. The number of amides is 2. The van der Waals surface area contributed by atoms with Crippen LogP contribution in [0.4, 0.5) is 5.69 Å². The van der Waals surface area contributed by atoms with Gasteiger partial charge in [0.25, 0.3) is 5.91 Å². The fourth-order valence-electron chi connectivity index (χ4n) is 3.56. The zero-order valence-corrected chi connectivity index (χ0v) is 17.8. The lowest BCUT2D eigenvalue weighted by Gasteiger charge is -2.25. The molecule has 3 rings (SSSR count). The van der Waals surface area contributed by atoms with Crippen LogP contribution in [-0.2, 0) is 16.1 Å². The Morgan fingerprint density at radius 2 is 1.84 bits per heavy atom. The summed E-state index contributed by atoms with van der Waals surface area (Å²) in [5.74, 6) is -1.63. The number of benzene rings is 1. The zero-order chi connectivity index (χ0) is 22.4. The number of ether oxygens (including phenoxy) is 1. The topological polar surface area (TPSA) is 118 Å². The zero-order valence-electron chi connectivity index (χ0n) is 17.1. The Labute approximate surface area is 185 Å². The summed E-state index contributed by atoms with van der Waals surface area (Å²) in [6, 6.07) is 8.18. The Balaban J connectivity index is 1.64. The highest BCUT2D eigenvalue weighted by molar-refractivity contribution is 6.31. The summed E-state index contributed by atoms with van der Waals surface area (Å²) in [7, 11) is 1.52. The average Bonchev–Trinajstić information content (AvgIpc) is 2.79. The van der Waals surface area contributed by atoms with E-state index in [1.807, 2.05) is 0 Å². The number of nitrogens with one attached hydrogen (secondary N) is 2. The van der Waals surface area contributed by atoms with E-state index in [2.05, 4.69) is 15.6 Å². The summed E-state index contributed by atoms with van der Waals surface area (Å²) in [6.07, 6.45) is 3.55. The Hall–Kier alpha value is -3.13. The molecule has 0 radical (unpaired) electrons. The van der Waals surface area contributed by atoms with Crippen molar-refractivity contribution in [2.45, 2.75) is 32.2 Å². The molecule has 2 amide bonds. The Morgan fingerprint density at radius 3 is 2.45 bits per heavy atom. The van der Waals surface area contributed by atoms with E-state index in [-0.39, 0.29) is 29.8 Å². The maximum absolute atomic E-state index is 12.8. The van der Waals surface area contributed by atoms with Crippen LogP contribution in [0.3, 0.4) is 0 Å². The van der Waals surface area contributed by atoms with Crippen molar-refractivity contribution in [3.8, 4) is 5.88 Å². The van der Waals surface area contributed by atoms with Gasteiger partial charge in [-0.1, -0.05) is 17.7 Å². The van der Waals surface area contributed by atoms with Crippen molar-refractivity contribution in [3.63, 3.8) is 0 Å². The van der Waals surface area contributed by atoms with Crippen LogP contribution >= 0.6 is 11.6 Å². The van der Waals surface area contributed by atoms with E-state index in [0.29, 0.717) is 42.3 Å². The van der Waals surface area contributed by atoms with Crippen LogP contribution in [0.25, 0.3) is 0 Å². The summed E-state index contributed by atoms with van der Waals surface area (Å²) in [6.45, 7) is 0.245. The minimum atomic E-state index is -0.817. The molecular weight excluding hydrogens is 422 g/mol. The van der Waals surface area contributed by atoms with Gasteiger partial charge in [-0.2, -0.15) is 0 Å². The van der Waals surface area contributed by atoms with Gasteiger partial charge >= 0.3 is 5.97 Å². The van der Waals surface area contributed by atoms with Gasteiger partial charge in [-0.3, -0.25) is 14.4 Å². The molecule has 1 aliphatic rings. The standard InChI is InChI=1S/C22H24ClN3O5/c1-31-19-9-2-13(11-24-19)12-25-21(28)17-10-16(23)7-8-18(17)26-20(27)14-3-5-15(6-4-14)22(29)30/h2,7-11,14-15H,3-6,12H2,1H3,(H,25,28)(H,26,27)(H,29,30).